The van der Waals surface area contributed by atoms with E-state index in [-0.39, 0.29) is 0 Å². The molecule has 1 aliphatic rings. The van der Waals surface area contributed by atoms with Gasteiger partial charge in [-0.1, -0.05) is 13.8 Å². The zero-order valence-electron chi connectivity index (χ0n) is 12.6. The fourth-order valence-corrected chi connectivity index (χ4v) is 2.94. The predicted molar refractivity (Wildman–Crippen MR) is 84.6 cm³/mol. The van der Waals surface area contributed by atoms with Crippen LogP contribution in [0.15, 0.2) is 0 Å². The summed E-state index contributed by atoms with van der Waals surface area (Å²) >= 11 is 5.98. The van der Waals surface area contributed by atoms with Gasteiger partial charge in [0.15, 0.2) is 0 Å². The van der Waals surface area contributed by atoms with Crippen LogP contribution in [0.1, 0.15) is 44.4 Å². The summed E-state index contributed by atoms with van der Waals surface area (Å²) < 4.78 is 0. The van der Waals surface area contributed by atoms with Crippen LogP contribution < -0.4 is 5.32 Å². The van der Waals surface area contributed by atoms with Crippen LogP contribution in [0.2, 0.25) is 5.28 Å². The van der Waals surface area contributed by atoms with E-state index in [1.54, 1.807) is 0 Å². The number of fused-ring (bicyclic) bond motifs is 1. The molecule has 2 rings (SSSR count). The van der Waals surface area contributed by atoms with E-state index in [1.807, 2.05) is 0 Å². The highest BCUT2D eigenvalue weighted by atomic mass is 35.5. The lowest BCUT2D eigenvalue weighted by atomic mass is 10.2. The minimum atomic E-state index is 0.372. The lowest BCUT2D eigenvalue weighted by molar-refractivity contribution is 0.298. The second-order valence-electron chi connectivity index (χ2n) is 5.28. The van der Waals surface area contributed by atoms with Gasteiger partial charge in [-0.3, -0.25) is 0 Å². The van der Waals surface area contributed by atoms with Gasteiger partial charge in [0.2, 0.25) is 5.28 Å². The third-order valence-corrected chi connectivity index (χ3v) is 4.16. The molecule has 0 atom stereocenters. The predicted octanol–water partition coefficient (Wildman–Crippen LogP) is 3.15. The van der Waals surface area contributed by atoms with Crippen molar-refractivity contribution in [1.82, 2.24) is 14.9 Å². The van der Waals surface area contributed by atoms with Gasteiger partial charge >= 0.3 is 0 Å². The fourth-order valence-electron chi connectivity index (χ4n) is 2.76. The zero-order chi connectivity index (χ0) is 14.4. The van der Waals surface area contributed by atoms with Gasteiger partial charge in [0.05, 0.1) is 5.69 Å². The molecule has 0 spiro atoms. The summed E-state index contributed by atoms with van der Waals surface area (Å²) in [5, 5.41) is 3.81. The van der Waals surface area contributed by atoms with E-state index in [2.05, 4.69) is 34.0 Å². The largest absolute Gasteiger partial charge is 0.370 e. The molecule has 0 bridgehead atoms. The monoisotopic (exact) mass is 296 g/mol. The van der Waals surface area contributed by atoms with Crippen molar-refractivity contribution in [2.75, 3.05) is 31.5 Å². The number of aryl methyl sites for hydroxylation is 1. The SMILES string of the molecule is CCN(CC)CCCCNc1nc(Cl)nc2c1CCC2. The van der Waals surface area contributed by atoms with E-state index in [9.17, 15) is 0 Å². The Morgan fingerprint density at radius 2 is 1.95 bits per heavy atom. The van der Waals surface area contributed by atoms with E-state index >= 15 is 0 Å². The standard InChI is InChI=1S/C15H25ClN4/c1-3-20(4-2)11-6-5-10-17-14-12-8-7-9-13(12)18-15(16)19-14/h3-11H2,1-2H3,(H,17,18,19). The van der Waals surface area contributed by atoms with E-state index in [0.29, 0.717) is 5.28 Å². The number of hydrogen-bond acceptors (Lipinski definition) is 4. The molecular formula is C15H25ClN4. The molecule has 0 radical (unpaired) electrons. The quantitative estimate of drug-likeness (QED) is 0.591. The van der Waals surface area contributed by atoms with Crippen LogP contribution >= 0.6 is 11.6 Å². The van der Waals surface area contributed by atoms with Crippen molar-refractivity contribution >= 4 is 17.4 Å². The van der Waals surface area contributed by atoms with Crippen LogP contribution in [-0.4, -0.2) is 41.0 Å². The lowest BCUT2D eigenvalue weighted by Crippen LogP contribution is -2.24. The second-order valence-corrected chi connectivity index (χ2v) is 5.62. The normalized spacial score (nSPS) is 13.8. The maximum absolute atomic E-state index is 5.98. The highest BCUT2D eigenvalue weighted by molar-refractivity contribution is 6.28. The first-order chi connectivity index (χ1) is 9.74. The van der Waals surface area contributed by atoms with E-state index < -0.39 is 0 Å². The molecule has 0 amide bonds. The summed E-state index contributed by atoms with van der Waals surface area (Å²) in [6, 6.07) is 0. The lowest BCUT2D eigenvalue weighted by Gasteiger charge is -2.17. The minimum Gasteiger partial charge on any atom is -0.370 e. The Morgan fingerprint density at radius 1 is 1.15 bits per heavy atom. The Balaban J connectivity index is 1.77. The number of aromatic nitrogens is 2. The summed E-state index contributed by atoms with van der Waals surface area (Å²) in [4.78, 5) is 11.1. The van der Waals surface area contributed by atoms with Crippen molar-refractivity contribution < 1.29 is 0 Å². The van der Waals surface area contributed by atoms with Gasteiger partial charge in [-0.25, -0.2) is 9.97 Å². The van der Waals surface area contributed by atoms with Gasteiger partial charge < -0.3 is 10.2 Å². The number of anilines is 1. The molecule has 0 aromatic carbocycles. The van der Waals surface area contributed by atoms with Crippen LogP contribution in [0.3, 0.4) is 0 Å². The maximum atomic E-state index is 5.98. The minimum absolute atomic E-state index is 0.372. The van der Waals surface area contributed by atoms with Gasteiger partial charge in [0.1, 0.15) is 5.82 Å². The van der Waals surface area contributed by atoms with Crippen LogP contribution in [0.25, 0.3) is 0 Å². The maximum Gasteiger partial charge on any atom is 0.224 e. The van der Waals surface area contributed by atoms with Gasteiger partial charge in [-0.2, -0.15) is 0 Å². The molecule has 5 heteroatoms. The third-order valence-electron chi connectivity index (χ3n) is 3.99. The van der Waals surface area contributed by atoms with Gasteiger partial charge in [0.25, 0.3) is 0 Å². The summed E-state index contributed by atoms with van der Waals surface area (Å²) in [7, 11) is 0. The molecule has 0 unspecified atom stereocenters. The second kappa shape index (κ2) is 7.79. The fraction of sp³-hybridized carbons (Fsp3) is 0.733. The molecule has 1 aromatic heterocycles. The van der Waals surface area contributed by atoms with Crippen molar-refractivity contribution in [3.8, 4) is 0 Å². The zero-order valence-corrected chi connectivity index (χ0v) is 13.3. The number of hydrogen-bond donors (Lipinski definition) is 1. The molecule has 0 saturated heterocycles. The molecular weight excluding hydrogens is 272 g/mol. The number of nitrogens with zero attached hydrogens (tertiary/aromatic N) is 3. The van der Waals surface area contributed by atoms with Crippen LogP contribution in [0.4, 0.5) is 5.82 Å². The summed E-state index contributed by atoms with van der Waals surface area (Å²) in [6.45, 7) is 8.85. The number of unbranched alkanes of at least 4 members (excludes halogenated alkanes) is 1. The van der Waals surface area contributed by atoms with Crippen molar-refractivity contribution in [3.63, 3.8) is 0 Å². The summed E-state index contributed by atoms with van der Waals surface area (Å²) in [6.07, 6.45) is 5.66. The first kappa shape index (κ1) is 15.5. The summed E-state index contributed by atoms with van der Waals surface area (Å²) in [5.41, 5.74) is 2.41. The Bertz CT molecular complexity index is 432. The number of halogens is 1. The Labute approximate surface area is 126 Å². The van der Waals surface area contributed by atoms with E-state index in [0.717, 1.165) is 50.4 Å². The first-order valence-electron chi connectivity index (χ1n) is 7.76. The van der Waals surface area contributed by atoms with Gasteiger partial charge in [0, 0.05) is 12.1 Å². The molecule has 20 heavy (non-hydrogen) atoms. The van der Waals surface area contributed by atoms with Crippen molar-refractivity contribution in [1.29, 1.82) is 0 Å². The molecule has 1 aliphatic carbocycles. The van der Waals surface area contributed by atoms with Crippen LogP contribution in [0, 0.1) is 0 Å². The highest BCUT2D eigenvalue weighted by Crippen LogP contribution is 2.27. The van der Waals surface area contributed by atoms with Crippen molar-refractivity contribution in [2.45, 2.75) is 46.0 Å². The smallest absolute Gasteiger partial charge is 0.224 e. The highest BCUT2D eigenvalue weighted by Gasteiger charge is 2.18. The molecule has 0 aliphatic heterocycles. The number of nitrogens with one attached hydrogen (secondary N) is 1. The van der Waals surface area contributed by atoms with Crippen LogP contribution in [0.5, 0.6) is 0 Å². The van der Waals surface area contributed by atoms with E-state index in [4.69, 9.17) is 11.6 Å². The molecule has 4 nitrogen and oxygen atoms in total. The average molecular weight is 297 g/mol. The van der Waals surface area contributed by atoms with Gasteiger partial charge in [-0.15, -0.1) is 0 Å². The van der Waals surface area contributed by atoms with E-state index in [1.165, 1.54) is 24.9 Å². The molecule has 0 fully saturated rings. The average Bonchev–Trinajstić information content (AvgIpc) is 2.90. The van der Waals surface area contributed by atoms with Crippen molar-refractivity contribution in [2.24, 2.45) is 0 Å². The molecule has 1 N–H and O–H groups in total. The number of rotatable bonds is 8. The third kappa shape index (κ3) is 4.06. The van der Waals surface area contributed by atoms with Gasteiger partial charge in [-0.05, 0) is 63.3 Å². The Kier molecular flexibility index (Phi) is 6.05. The topological polar surface area (TPSA) is 41.0 Å². The first-order valence-corrected chi connectivity index (χ1v) is 8.13. The van der Waals surface area contributed by atoms with Crippen molar-refractivity contribution in [3.05, 3.63) is 16.5 Å². The molecule has 1 heterocycles. The summed E-state index contributed by atoms with van der Waals surface area (Å²) in [5.74, 6) is 0.959. The molecule has 1 aromatic rings. The Morgan fingerprint density at radius 3 is 2.70 bits per heavy atom. The van der Waals surface area contributed by atoms with Crippen LogP contribution in [-0.2, 0) is 12.8 Å². The molecule has 112 valence electrons. The Hall–Kier alpha value is -0.870. The molecule has 0 saturated carbocycles.